The van der Waals surface area contributed by atoms with Gasteiger partial charge < -0.3 is 34.5 Å². The molecule has 0 bridgehead atoms. The van der Waals surface area contributed by atoms with Crippen molar-refractivity contribution in [1.29, 1.82) is 0 Å². The number of nitrogens with two attached hydrogens (primary N) is 1. The first-order valence-corrected chi connectivity index (χ1v) is 11.6. The number of methoxy groups -OCH3 is 1. The van der Waals surface area contributed by atoms with Gasteiger partial charge in [0.1, 0.15) is 24.9 Å². The van der Waals surface area contributed by atoms with E-state index in [0.29, 0.717) is 11.2 Å². The monoisotopic (exact) mass is 473 g/mol. The first kappa shape index (κ1) is 23.0. The molecule has 2 aromatic heterocycles. The lowest BCUT2D eigenvalue weighted by molar-refractivity contribution is -0.143. The molecular weight excluding hydrogens is 447 g/mol. The third kappa shape index (κ3) is 4.35. The molecule has 2 saturated heterocycles. The minimum Gasteiger partial charge on any atom is -0.479 e. The molecule has 0 aliphatic carbocycles. The summed E-state index contributed by atoms with van der Waals surface area (Å²) in [6, 6.07) is -0.444. The number of carbonyl (C=O) groups is 1. The summed E-state index contributed by atoms with van der Waals surface area (Å²) in [7, 11) is -2.11. The molecule has 4 heterocycles. The number of esters is 1. The Kier molecular flexibility index (Phi) is 6.45. The number of ether oxygens (including phenoxy) is 3. The van der Waals surface area contributed by atoms with Crippen molar-refractivity contribution in [2.24, 2.45) is 0 Å². The van der Waals surface area contributed by atoms with Crippen LogP contribution < -0.4 is 15.6 Å². The van der Waals surface area contributed by atoms with Gasteiger partial charge in [-0.3, -0.25) is 13.9 Å². The molecule has 0 aromatic carbocycles. The van der Waals surface area contributed by atoms with Crippen LogP contribution in [0.25, 0.3) is 11.2 Å². The Morgan fingerprint density at radius 2 is 2.28 bits per heavy atom. The molecule has 0 amide bonds. The Labute approximate surface area is 183 Å². The molecule has 2 unspecified atom stereocenters. The summed E-state index contributed by atoms with van der Waals surface area (Å²) in [5.41, 5.74) is 6.42. The van der Waals surface area contributed by atoms with E-state index < -0.39 is 38.7 Å². The number of carbonyl (C=O) groups excluding carboxylic acids is 1. The maximum absolute atomic E-state index is 11.3. The Balaban J connectivity index is 1.48. The van der Waals surface area contributed by atoms with Gasteiger partial charge in [-0.2, -0.15) is 9.97 Å². The Morgan fingerprint density at radius 1 is 1.50 bits per heavy atom. The highest BCUT2D eigenvalue weighted by atomic mass is 31.2. The molecule has 2 fully saturated rings. The number of anilines is 1. The second kappa shape index (κ2) is 8.98. The van der Waals surface area contributed by atoms with Gasteiger partial charge in [0.15, 0.2) is 17.4 Å². The average molecular weight is 473 g/mol. The summed E-state index contributed by atoms with van der Waals surface area (Å²) in [4.78, 5) is 34.5. The van der Waals surface area contributed by atoms with Gasteiger partial charge in [-0.1, -0.05) is 6.92 Å². The van der Waals surface area contributed by atoms with Crippen molar-refractivity contribution >= 4 is 31.2 Å². The fourth-order valence-corrected chi connectivity index (χ4v) is 5.29. The van der Waals surface area contributed by atoms with Gasteiger partial charge in [0.25, 0.3) is 0 Å². The number of nitrogens with zero attached hydrogens (tertiary/aromatic N) is 4. The molecule has 14 nitrogen and oxygen atoms in total. The normalized spacial score (nSPS) is 30.8. The number of hydrogen-bond acceptors (Lipinski definition) is 13. The number of rotatable bonds is 7. The van der Waals surface area contributed by atoms with Gasteiger partial charge in [0.2, 0.25) is 11.8 Å². The van der Waals surface area contributed by atoms with Crippen LogP contribution in [0.15, 0.2) is 6.33 Å². The van der Waals surface area contributed by atoms with Crippen LogP contribution in [-0.4, -0.2) is 80.2 Å². The molecule has 177 valence electrons. The predicted molar refractivity (Wildman–Crippen MR) is 110 cm³/mol. The Bertz CT molecular complexity index is 993. The number of aliphatic hydroxyl groups is 1. The van der Waals surface area contributed by atoms with Crippen molar-refractivity contribution in [3.8, 4) is 5.88 Å². The van der Waals surface area contributed by atoms with Crippen molar-refractivity contribution in [3.05, 3.63) is 6.33 Å². The predicted octanol–water partition coefficient (Wildman–Crippen LogP) is -0.308. The van der Waals surface area contributed by atoms with Crippen LogP contribution in [0.2, 0.25) is 0 Å². The summed E-state index contributed by atoms with van der Waals surface area (Å²) in [6.07, 6.45) is -1.96. The van der Waals surface area contributed by atoms with Gasteiger partial charge in [-0.05, 0) is 6.92 Å². The lowest BCUT2D eigenvalue weighted by Gasteiger charge is -2.40. The van der Waals surface area contributed by atoms with E-state index in [1.165, 1.54) is 18.0 Å². The molecule has 2 aliphatic heterocycles. The zero-order valence-corrected chi connectivity index (χ0v) is 18.6. The van der Waals surface area contributed by atoms with Crippen molar-refractivity contribution < 1.29 is 38.1 Å². The molecule has 1 radical (unpaired) electrons. The van der Waals surface area contributed by atoms with Crippen LogP contribution >= 0.6 is 8.09 Å². The van der Waals surface area contributed by atoms with E-state index in [-0.39, 0.29) is 37.4 Å². The van der Waals surface area contributed by atoms with E-state index in [1.807, 2.05) is 0 Å². The highest BCUT2D eigenvalue weighted by Gasteiger charge is 2.53. The maximum atomic E-state index is 11.3. The van der Waals surface area contributed by atoms with Crippen LogP contribution in [0.4, 0.5) is 5.95 Å². The zero-order chi connectivity index (χ0) is 23.0. The van der Waals surface area contributed by atoms with Gasteiger partial charge in [0, 0.05) is 12.5 Å². The topological polar surface area (TPSA) is 185 Å². The van der Waals surface area contributed by atoms with E-state index in [9.17, 15) is 14.8 Å². The average Bonchev–Trinajstić information content (AvgIpc) is 3.31. The number of aliphatic hydroxyl groups excluding tert-OH is 1. The van der Waals surface area contributed by atoms with E-state index in [4.69, 9.17) is 29.0 Å². The SMILES string of the molecule is CCC(=O)OCC(C)N[P]1(O)OC[C@H]2O[C@@H](n3cnc4c(OC)nc(N)nc43)[C@@H](O)[C@@H]2O1. The third-order valence-electron chi connectivity index (χ3n) is 5.03. The molecule has 4 rings (SSSR count). The summed E-state index contributed by atoms with van der Waals surface area (Å²) >= 11 is 0. The molecule has 6 atom stereocenters. The number of hydrogen-bond donors (Lipinski definition) is 4. The molecule has 0 saturated carbocycles. The van der Waals surface area contributed by atoms with Gasteiger partial charge in [-0.25, -0.2) is 10.1 Å². The van der Waals surface area contributed by atoms with Crippen molar-refractivity contribution in [3.63, 3.8) is 0 Å². The second-order valence-corrected chi connectivity index (χ2v) is 9.19. The van der Waals surface area contributed by atoms with E-state index >= 15 is 0 Å². The minimum atomic E-state index is -3.54. The van der Waals surface area contributed by atoms with Crippen LogP contribution in [0.3, 0.4) is 0 Å². The third-order valence-corrected chi connectivity index (χ3v) is 6.82. The van der Waals surface area contributed by atoms with Crippen LogP contribution in [0.5, 0.6) is 5.88 Å². The minimum absolute atomic E-state index is 0.0238. The molecular formula is C17H26N6O8P. The first-order chi connectivity index (χ1) is 15.2. The number of nitrogen functional groups attached to an aromatic ring is 1. The van der Waals surface area contributed by atoms with Gasteiger partial charge in [-0.15, -0.1) is 0 Å². The number of nitrogens with one attached hydrogen (secondary N) is 1. The Hall–Kier alpha value is -2.19. The second-order valence-electron chi connectivity index (χ2n) is 7.42. The molecule has 2 aromatic rings. The smallest absolute Gasteiger partial charge is 0.308 e. The largest absolute Gasteiger partial charge is 0.479 e. The van der Waals surface area contributed by atoms with Crippen molar-refractivity contribution in [2.45, 2.75) is 50.8 Å². The maximum Gasteiger partial charge on any atom is 0.308 e. The number of fused-ring (bicyclic) bond motifs is 2. The van der Waals surface area contributed by atoms with Crippen LogP contribution in [0.1, 0.15) is 26.5 Å². The van der Waals surface area contributed by atoms with Crippen molar-refractivity contribution in [1.82, 2.24) is 24.6 Å². The van der Waals surface area contributed by atoms with Crippen molar-refractivity contribution in [2.75, 3.05) is 26.1 Å². The quantitative estimate of drug-likeness (QED) is 0.303. The lowest BCUT2D eigenvalue weighted by Crippen LogP contribution is -2.45. The fourth-order valence-electron chi connectivity index (χ4n) is 3.52. The highest BCUT2D eigenvalue weighted by Crippen LogP contribution is 2.59. The summed E-state index contributed by atoms with van der Waals surface area (Å²) < 4.78 is 28.9. The zero-order valence-electron chi connectivity index (χ0n) is 17.7. The fraction of sp³-hybridized carbons (Fsp3) is 0.647. The standard InChI is InChI=1S/C17H26N6O8P/c1-4-10(24)28-5-8(2)22-32(26)29-6-9-13(31-32)12(25)16(30-9)23-7-19-11-14(23)20-17(18)21-15(11)27-3/h7-9,12-13,16,22,25-26H,4-6H2,1-3H3,(H2,18,20,21)/t8?,9-,12+,13-,16-/m1/s1. The Morgan fingerprint density at radius 3 is 3.00 bits per heavy atom. The van der Waals surface area contributed by atoms with E-state index in [0.717, 1.165) is 0 Å². The molecule has 5 N–H and O–H groups in total. The molecule has 0 spiro atoms. The number of aromatic nitrogens is 4. The lowest BCUT2D eigenvalue weighted by atomic mass is 10.1. The van der Waals surface area contributed by atoms with Gasteiger partial charge in [0.05, 0.1) is 20.0 Å². The summed E-state index contributed by atoms with van der Waals surface area (Å²) in [6.45, 7) is 3.40. The van der Waals surface area contributed by atoms with Crippen LogP contribution in [0, 0.1) is 0 Å². The highest BCUT2D eigenvalue weighted by molar-refractivity contribution is 7.58. The van der Waals surface area contributed by atoms with Gasteiger partial charge >= 0.3 is 14.1 Å². The van der Waals surface area contributed by atoms with E-state index in [1.54, 1.807) is 13.8 Å². The van der Waals surface area contributed by atoms with E-state index in [2.05, 4.69) is 20.0 Å². The van der Waals surface area contributed by atoms with Crippen LogP contribution in [-0.2, 0) is 23.3 Å². The number of imidazole rings is 1. The molecule has 32 heavy (non-hydrogen) atoms. The summed E-state index contributed by atoms with van der Waals surface area (Å²) in [5.74, 6) is -0.188. The summed E-state index contributed by atoms with van der Waals surface area (Å²) in [5, 5.41) is 13.8. The molecule has 2 aliphatic rings. The molecule has 15 heteroatoms. The first-order valence-electron chi connectivity index (χ1n) is 10.0.